The van der Waals surface area contributed by atoms with E-state index in [0.717, 1.165) is 28.2 Å². The van der Waals surface area contributed by atoms with E-state index in [2.05, 4.69) is 55.3 Å². The minimum Gasteiger partial charge on any atom is -0.508 e. The topological polar surface area (TPSA) is 123 Å². The number of carbonyl (C=O) groups excluding carboxylic acids is 2. The van der Waals surface area contributed by atoms with Gasteiger partial charge in [0.1, 0.15) is 11.5 Å². The molecule has 39 heavy (non-hydrogen) atoms. The maximum Gasteiger partial charge on any atom is 0.221 e. The fourth-order valence-electron chi connectivity index (χ4n) is 4.39. The highest BCUT2D eigenvalue weighted by Gasteiger charge is 2.20. The highest BCUT2D eigenvalue weighted by atomic mass is 16.3. The van der Waals surface area contributed by atoms with E-state index in [1.807, 2.05) is 22.9 Å². The zero-order valence-corrected chi connectivity index (χ0v) is 22.6. The molecule has 4 N–H and O–H groups in total. The molecule has 0 saturated carbocycles. The third-order valence-electron chi connectivity index (χ3n) is 6.64. The van der Waals surface area contributed by atoms with E-state index in [9.17, 15) is 14.7 Å². The number of amides is 1. The van der Waals surface area contributed by atoms with Crippen molar-refractivity contribution in [3.63, 3.8) is 0 Å². The molecule has 0 aliphatic heterocycles. The number of hydrogen-bond acceptors (Lipinski definition) is 6. The van der Waals surface area contributed by atoms with Crippen LogP contribution in [0.25, 0.3) is 16.9 Å². The van der Waals surface area contributed by atoms with Crippen LogP contribution < -0.4 is 11.1 Å². The minimum absolute atomic E-state index is 0.0394. The first-order valence-electron chi connectivity index (χ1n) is 13.0. The van der Waals surface area contributed by atoms with E-state index in [1.165, 1.54) is 5.56 Å². The molecule has 8 nitrogen and oxygen atoms in total. The molecule has 8 heteroatoms. The second-order valence-electron chi connectivity index (χ2n) is 10.8. The van der Waals surface area contributed by atoms with Crippen molar-refractivity contribution in [3.8, 4) is 22.7 Å². The van der Waals surface area contributed by atoms with E-state index in [1.54, 1.807) is 36.7 Å². The Balaban J connectivity index is 1.46. The summed E-state index contributed by atoms with van der Waals surface area (Å²) in [4.78, 5) is 29.0. The van der Waals surface area contributed by atoms with Crippen LogP contribution in [0, 0.1) is 5.92 Å². The second-order valence-corrected chi connectivity index (χ2v) is 10.8. The summed E-state index contributed by atoms with van der Waals surface area (Å²) < 4.78 is 1.88. The fraction of sp³-hybridized carbons (Fsp3) is 0.290. The molecule has 1 atom stereocenters. The van der Waals surface area contributed by atoms with E-state index in [0.29, 0.717) is 13.0 Å². The molecule has 0 aliphatic carbocycles. The number of phenols is 1. The smallest absolute Gasteiger partial charge is 0.221 e. The average molecular weight is 526 g/mol. The number of primary amides is 1. The van der Waals surface area contributed by atoms with Crippen LogP contribution in [0.15, 0.2) is 79.1 Å². The first kappa shape index (κ1) is 27.7. The van der Waals surface area contributed by atoms with Gasteiger partial charge in [0.15, 0.2) is 0 Å². The van der Waals surface area contributed by atoms with Gasteiger partial charge < -0.3 is 16.2 Å². The number of nitrogens with two attached hydrogens (primary N) is 1. The van der Waals surface area contributed by atoms with Crippen molar-refractivity contribution in [1.29, 1.82) is 0 Å². The first-order valence-corrected chi connectivity index (χ1v) is 13.0. The molecular weight excluding hydrogens is 490 g/mol. The third kappa shape index (κ3) is 7.39. The summed E-state index contributed by atoms with van der Waals surface area (Å²) >= 11 is 0. The predicted octanol–water partition coefficient (Wildman–Crippen LogP) is 4.33. The molecule has 0 aliphatic rings. The van der Waals surface area contributed by atoms with Gasteiger partial charge in [-0.15, -0.1) is 0 Å². The van der Waals surface area contributed by atoms with Gasteiger partial charge in [-0.3, -0.25) is 14.6 Å². The Morgan fingerprint density at radius 1 is 1.05 bits per heavy atom. The number of nitrogens with one attached hydrogen (secondary N) is 1. The van der Waals surface area contributed by atoms with Crippen molar-refractivity contribution in [2.24, 2.45) is 11.7 Å². The molecule has 2 aromatic carbocycles. The van der Waals surface area contributed by atoms with Crippen LogP contribution >= 0.6 is 0 Å². The van der Waals surface area contributed by atoms with Crippen molar-refractivity contribution >= 4 is 11.7 Å². The molecule has 0 radical (unpaired) electrons. The SMILES string of the molecule is CC(C)(C)c1ccc(-n2nc(-c3cccnc3)cc2CNCC(=O)C[C@@H](Cc2ccc(O)cc2)C(N)=O)cc1. The standard InChI is InChI=1S/C31H35N5O3/c1-31(2,3)24-8-10-25(11-9-24)36-26(17-29(35-36)22-5-4-14-33-18-22)19-34-20-28(38)16-23(30(32)39)15-21-6-12-27(37)13-7-21/h4-14,17-18,23,34,37H,15-16,19-20H2,1-3H3,(H2,32,39)/t23-/m1/s1. The Kier molecular flexibility index (Phi) is 8.56. The fourth-order valence-corrected chi connectivity index (χ4v) is 4.39. The van der Waals surface area contributed by atoms with Crippen molar-refractivity contribution in [1.82, 2.24) is 20.1 Å². The number of rotatable bonds is 11. The molecule has 202 valence electrons. The van der Waals surface area contributed by atoms with Crippen LogP contribution in [0.3, 0.4) is 0 Å². The summed E-state index contributed by atoms with van der Waals surface area (Å²) in [5.41, 5.74) is 11.2. The number of phenolic OH excluding ortho intramolecular Hbond substituents is 1. The summed E-state index contributed by atoms with van der Waals surface area (Å²) in [6.45, 7) is 7.03. The van der Waals surface area contributed by atoms with Gasteiger partial charge in [0.25, 0.3) is 0 Å². The van der Waals surface area contributed by atoms with E-state index >= 15 is 0 Å². The molecule has 0 saturated heterocycles. The van der Waals surface area contributed by atoms with Gasteiger partial charge in [-0.2, -0.15) is 5.10 Å². The second kappa shape index (κ2) is 12.0. The van der Waals surface area contributed by atoms with Crippen LogP contribution in [0.2, 0.25) is 0 Å². The van der Waals surface area contributed by atoms with E-state index in [-0.39, 0.29) is 29.9 Å². The molecule has 0 bridgehead atoms. The number of aromatic hydroxyl groups is 1. The normalized spacial score (nSPS) is 12.3. The van der Waals surface area contributed by atoms with Crippen LogP contribution in [-0.2, 0) is 28.0 Å². The lowest BCUT2D eigenvalue weighted by atomic mass is 9.87. The van der Waals surface area contributed by atoms with Crippen LogP contribution in [0.5, 0.6) is 5.75 Å². The number of nitrogens with zero attached hydrogens (tertiary/aromatic N) is 3. The predicted molar refractivity (Wildman–Crippen MR) is 151 cm³/mol. The zero-order chi connectivity index (χ0) is 28.0. The van der Waals surface area contributed by atoms with Crippen molar-refractivity contribution in [2.45, 2.75) is 45.6 Å². The molecule has 0 unspecified atom stereocenters. The Bertz CT molecular complexity index is 1410. The molecule has 0 spiro atoms. The largest absolute Gasteiger partial charge is 0.508 e. The van der Waals surface area contributed by atoms with Crippen molar-refractivity contribution in [3.05, 3.63) is 95.9 Å². The summed E-state index contributed by atoms with van der Waals surface area (Å²) in [5, 5.41) is 17.5. The number of pyridine rings is 1. The molecule has 2 aromatic heterocycles. The number of aromatic nitrogens is 3. The van der Waals surface area contributed by atoms with Gasteiger partial charge in [-0.25, -0.2) is 4.68 Å². The third-order valence-corrected chi connectivity index (χ3v) is 6.64. The quantitative estimate of drug-likeness (QED) is 0.268. The molecule has 0 fully saturated rings. The van der Waals surface area contributed by atoms with Gasteiger partial charge >= 0.3 is 0 Å². The summed E-state index contributed by atoms with van der Waals surface area (Å²) in [5.74, 6) is -1.10. The first-order chi connectivity index (χ1) is 18.6. The number of carbonyl (C=O) groups is 2. The van der Waals surface area contributed by atoms with Gasteiger partial charge in [-0.05, 0) is 65.4 Å². The average Bonchev–Trinajstić information content (AvgIpc) is 3.34. The molecular formula is C31H35N5O3. The lowest BCUT2D eigenvalue weighted by molar-refractivity contribution is -0.127. The Labute approximate surface area is 228 Å². The van der Waals surface area contributed by atoms with Crippen LogP contribution in [0.4, 0.5) is 0 Å². The summed E-state index contributed by atoms with van der Waals surface area (Å²) in [6, 6.07) is 20.7. The number of ketones is 1. The number of hydrogen-bond donors (Lipinski definition) is 3. The highest BCUT2D eigenvalue weighted by Crippen LogP contribution is 2.25. The lowest BCUT2D eigenvalue weighted by Gasteiger charge is -2.19. The van der Waals surface area contributed by atoms with Gasteiger partial charge in [0, 0.05) is 36.8 Å². The molecule has 2 heterocycles. The van der Waals surface area contributed by atoms with Crippen molar-refractivity contribution < 1.29 is 14.7 Å². The lowest BCUT2D eigenvalue weighted by Crippen LogP contribution is -2.31. The van der Waals surface area contributed by atoms with Crippen LogP contribution in [-0.4, -0.2) is 38.1 Å². The number of benzene rings is 2. The van der Waals surface area contributed by atoms with E-state index in [4.69, 9.17) is 10.8 Å². The molecule has 1 amide bonds. The monoisotopic (exact) mass is 525 g/mol. The Hall–Kier alpha value is -4.30. The maximum absolute atomic E-state index is 12.8. The molecule has 4 rings (SSSR count). The highest BCUT2D eigenvalue weighted by molar-refractivity contribution is 5.87. The Morgan fingerprint density at radius 3 is 2.38 bits per heavy atom. The van der Waals surface area contributed by atoms with Gasteiger partial charge in [-0.1, -0.05) is 45.0 Å². The van der Waals surface area contributed by atoms with E-state index < -0.39 is 11.8 Å². The van der Waals surface area contributed by atoms with Gasteiger partial charge in [0.2, 0.25) is 5.91 Å². The maximum atomic E-state index is 12.8. The molecule has 4 aromatic rings. The summed E-state index contributed by atoms with van der Waals surface area (Å²) in [7, 11) is 0. The minimum atomic E-state index is -0.618. The van der Waals surface area contributed by atoms with Crippen molar-refractivity contribution in [2.75, 3.05) is 6.54 Å². The van der Waals surface area contributed by atoms with Crippen LogP contribution in [0.1, 0.15) is 44.0 Å². The number of Topliss-reactive ketones (excluding diaryl/α,β-unsaturated/α-hetero) is 1. The van der Waals surface area contributed by atoms with Gasteiger partial charge in [0.05, 0.1) is 23.6 Å². The zero-order valence-electron chi connectivity index (χ0n) is 22.6. The summed E-state index contributed by atoms with van der Waals surface area (Å²) in [6.07, 6.45) is 3.87. The Morgan fingerprint density at radius 2 is 1.77 bits per heavy atom.